The van der Waals surface area contributed by atoms with Gasteiger partial charge in [0.15, 0.2) is 0 Å². The van der Waals surface area contributed by atoms with E-state index in [4.69, 9.17) is 4.74 Å². The van der Waals surface area contributed by atoms with Gasteiger partial charge in [0.2, 0.25) is 5.91 Å². The lowest BCUT2D eigenvalue weighted by atomic mass is 9.84. The number of ether oxygens (including phenoxy) is 1. The molecule has 1 amide bonds. The molecule has 1 N–H and O–H groups in total. The molecule has 1 aromatic rings. The van der Waals surface area contributed by atoms with Gasteiger partial charge in [-0.05, 0) is 38.0 Å². The van der Waals surface area contributed by atoms with Gasteiger partial charge in [-0.3, -0.25) is 4.79 Å². The molecule has 122 valence electrons. The molecular formula is C18H28N2O2. The van der Waals surface area contributed by atoms with Crippen LogP contribution in [-0.4, -0.2) is 43.1 Å². The Morgan fingerprint density at radius 1 is 1.32 bits per heavy atom. The summed E-state index contributed by atoms with van der Waals surface area (Å²) in [6, 6.07) is 8.40. The fourth-order valence-corrected chi connectivity index (χ4v) is 2.93. The van der Waals surface area contributed by atoms with Crippen LogP contribution < -0.4 is 10.1 Å². The first-order valence-electron chi connectivity index (χ1n) is 8.03. The van der Waals surface area contributed by atoms with Crippen molar-refractivity contribution in [2.75, 3.05) is 20.2 Å². The van der Waals surface area contributed by atoms with Crippen molar-refractivity contribution in [3.05, 3.63) is 29.8 Å². The minimum Gasteiger partial charge on any atom is -0.497 e. The van der Waals surface area contributed by atoms with Crippen molar-refractivity contribution >= 4 is 5.91 Å². The molecule has 0 aromatic heterocycles. The first-order valence-corrected chi connectivity index (χ1v) is 8.03. The van der Waals surface area contributed by atoms with E-state index in [2.05, 4.69) is 45.1 Å². The summed E-state index contributed by atoms with van der Waals surface area (Å²) in [7, 11) is 1.67. The van der Waals surface area contributed by atoms with Crippen LogP contribution in [0, 0.1) is 0 Å². The van der Waals surface area contributed by atoms with Crippen LogP contribution in [0.25, 0.3) is 0 Å². The van der Waals surface area contributed by atoms with Crippen molar-refractivity contribution in [2.45, 2.75) is 51.6 Å². The van der Waals surface area contributed by atoms with E-state index in [1.54, 1.807) is 7.11 Å². The van der Waals surface area contributed by atoms with Gasteiger partial charge in [0.25, 0.3) is 0 Å². The van der Waals surface area contributed by atoms with Crippen molar-refractivity contribution < 1.29 is 9.53 Å². The number of methoxy groups -OCH3 is 1. The van der Waals surface area contributed by atoms with Gasteiger partial charge in [0, 0.05) is 24.5 Å². The highest BCUT2D eigenvalue weighted by Crippen LogP contribution is 2.25. The molecule has 2 rings (SSSR count). The minimum atomic E-state index is -0.0417. The Hall–Kier alpha value is -1.55. The fourth-order valence-electron chi connectivity index (χ4n) is 2.93. The number of hydrogen-bond acceptors (Lipinski definition) is 3. The Morgan fingerprint density at radius 3 is 2.45 bits per heavy atom. The quantitative estimate of drug-likeness (QED) is 0.878. The predicted molar refractivity (Wildman–Crippen MR) is 89.3 cm³/mol. The van der Waals surface area contributed by atoms with Crippen molar-refractivity contribution in [1.82, 2.24) is 10.2 Å². The van der Waals surface area contributed by atoms with Crippen LogP contribution in [-0.2, 0) is 10.2 Å². The molecule has 1 atom stereocenters. The van der Waals surface area contributed by atoms with Gasteiger partial charge in [-0.15, -0.1) is 0 Å². The summed E-state index contributed by atoms with van der Waals surface area (Å²) in [5, 5.41) is 3.46. The molecule has 1 unspecified atom stereocenters. The maximum absolute atomic E-state index is 12.3. The highest BCUT2D eigenvalue weighted by atomic mass is 16.5. The fraction of sp³-hybridized carbons (Fsp3) is 0.611. The van der Waals surface area contributed by atoms with Crippen LogP contribution >= 0.6 is 0 Å². The first-order chi connectivity index (χ1) is 10.3. The Morgan fingerprint density at radius 2 is 1.95 bits per heavy atom. The summed E-state index contributed by atoms with van der Waals surface area (Å²) in [6.07, 6.45) is 0.899. The van der Waals surface area contributed by atoms with E-state index in [0.29, 0.717) is 0 Å². The molecule has 22 heavy (non-hydrogen) atoms. The third-order valence-electron chi connectivity index (χ3n) is 4.53. The van der Waals surface area contributed by atoms with Gasteiger partial charge in [0.1, 0.15) is 5.75 Å². The number of likely N-dealkylation sites (tertiary alicyclic amines) is 1. The molecule has 0 spiro atoms. The Kier molecular flexibility index (Phi) is 5.12. The van der Waals surface area contributed by atoms with Crippen molar-refractivity contribution in [2.24, 2.45) is 0 Å². The standard InChI is InChI=1S/C18H28N2O2/c1-13(2)20-11-10-16(17(20)21)19-12-18(3,4)14-6-8-15(22-5)9-7-14/h6-9,13,16,19H,10-12H2,1-5H3. The number of hydrogen-bond donors (Lipinski definition) is 1. The van der Waals surface area contributed by atoms with Gasteiger partial charge >= 0.3 is 0 Å². The van der Waals surface area contributed by atoms with E-state index >= 15 is 0 Å². The second-order valence-electron chi connectivity index (χ2n) is 6.96. The number of carbonyl (C=O) groups is 1. The maximum atomic E-state index is 12.3. The van der Waals surface area contributed by atoms with Crippen molar-refractivity contribution in [3.63, 3.8) is 0 Å². The lowest BCUT2D eigenvalue weighted by molar-refractivity contribution is -0.130. The predicted octanol–water partition coefficient (Wildman–Crippen LogP) is 2.57. The number of carbonyl (C=O) groups excluding carboxylic acids is 1. The number of amides is 1. The van der Waals surface area contributed by atoms with Gasteiger partial charge in [-0.1, -0.05) is 26.0 Å². The summed E-state index contributed by atoms with van der Waals surface area (Å²) in [5.74, 6) is 1.10. The highest BCUT2D eigenvalue weighted by molar-refractivity contribution is 5.84. The Bertz CT molecular complexity index is 508. The molecule has 0 saturated carbocycles. The molecule has 0 aliphatic carbocycles. The maximum Gasteiger partial charge on any atom is 0.240 e. The van der Waals surface area contributed by atoms with E-state index in [1.807, 2.05) is 17.0 Å². The number of benzene rings is 1. The lowest BCUT2D eigenvalue weighted by Gasteiger charge is -2.28. The van der Waals surface area contributed by atoms with Gasteiger partial charge in [0.05, 0.1) is 13.2 Å². The van der Waals surface area contributed by atoms with E-state index < -0.39 is 0 Å². The average Bonchev–Trinajstić information content (AvgIpc) is 2.86. The monoisotopic (exact) mass is 304 g/mol. The molecule has 1 heterocycles. The minimum absolute atomic E-state index is 0.0300. The Labute approximate surface area is 133 Å². The summed E-state index contributed by atoms with van der Waals surface area (Å²) < 4.78 is 5.21. The van der Waals surface area contributed by atoms with Crippen LogP contribution in [0.3, 0.4) is 0 Å². The van der Waals surface area contributed by atoms with E-state index in [9.17, 15) is 4.79 Å². The Balaban J connectivity index is 1.96. The first kappa shape index (κ1) is 16.8. The largest absolute Gasteiger partial charge is 0.497 e. The van der Waals surface area contributed by atoms with Crippen LogP contribution in [0.2, 0.25) is 0 Å². The second kappa shape index (κ2) is 6.69. The molecule has 1 aliphatic rings. The molecule has 4 nitrogen and oxygen atoms in total. The van der Waals surface area contributed by atoms with Crippen LogP contribution in [0.15, 0.2) is 24.3 Å². The van der Waals surface area contributed by atoms with E-state index in [1.165, 1.54) is 5.56 Å². The summed E-state index contributed by atoms with van der Waals surface area (Å²) in [4.78, 5) is 14.3. The third kappa shape index (κ3) is 3.61. The average molecular weight is 304 g/mol. The van der Waals surface area contributed by atoms with Crippen LogP contribution in [0.5, 0.6) is 5.75 Å². The van der Waals surface area contributed by atoms with Gasteiger partial charge < -0.3 is 15.0 Å². The molecule has 1 aliphatic heterocycles. The lowest BCUT2D eigenvalue weighted by Crippen LogP contribution is -2.44. The van der Waals surface area contributed by atoms with Crippen LogP contribution in [0.4, 0.5) is 0 Å². The zero-order valence-corrected chi connectivity index (χ0v) is 14.3. The zero-order valence-electron chi connectivity index (χ0n) is 14.3. The topological polar surface area (TPSA) is 41.6 Å². The zero-order chi connectivity index (χ0) is 16.3. The number of rotatable bonds is 6. The van der Waals surface area contributed by atoms with E-state index in [-0.39, 0.29) is 23.4 Å². The summed E-state index contributed by atoms with van der Waals surface area (Å²) >= 11 is 0. The normalized spacial score (nSPS) is 19.1. The van der Waals surface area contributed by atoms with Crippen molar-refractivity contribution in [3.8, 4) is 5.75 Å². The third-order valence-corrected chi connectivity index (χ3v) is 4.53. The molecule has 1 fully saturated rings. The smallest absolute Gasteiger partial charge is 0.240 e. The molecule has 4 heteroatoms. The molecule has 1 saturated heterocycles. The van der Waals surface area contributed by atoms with E-state index in [0.717, 1.165) is 25.3 Å². The number of nitrogens with zero attached hydrogens (tertiary/aromatic N) is 1. The van der Waals surface area contributed by atoms with Gasteiger partial charge in [-0.25, -0.2) is 0 Å². The van der Waals surface area contributed by atoms with Gasteiger partial charge in [-0.2, -0.15) is 0 Å². The molecule has 0 bridgehead atoms. The van der Waals surface area contributed by atoms with Crippen LogP contribution in [0.1, 0.15) is 39.7 Å². The number of nitrogens with one attached hydrogen (secondary N) is 1. The second-order valence-corrected chi connectivity index (χ2v) is 6.96. The summed E-state index contributed by atoms with van der Waals surface area (Å²) in [6.45, 7) is 10.2. The molecule has 1 aromatic carbocycles. The summed E-state index contributed by atoms with van der Waals surface area (Å²) in [5.41, 5.74) is 1.21. The highest BCUT2D eigenvalue weighted by Gasteiger charge is 2.34. The molecule has 0 radical (unpaired) electrons. The van der Waals surface area contributed by atoms with Crippen molar-refractivity contribution in [1.29, 1.82) is 0 Å². The SMILES string of the molecule is COc1ccc(C(C)(C)CNC2CCN(C(C)C)C2=O)cc1. The molecular weight excluding hydrogens is 276 g/mol.